The molecule has 0 bridgehead atoms. The van der Waals surface area contributed by atoms with Crippen LogP contribution in [0.2, 0.25) is 13.1 Å². The Bertz CT molecular complexity index is 169. The van der Waals surface area contributed by atoms with Crippen LogP contribution in [0, 0.1) is 6.58 Å². The summed E-state index contributed by atoms with van der Waals surface area (Å²) in [6.07, 6.45) is 3.63. The number of ether oxygens (including phenoxy) is 1. The van der Waals surface area contributed by atoms with Gasteiger partial charge in [-0.25, -0.2) is 0 Å². The van der Waals surface area contributed by atoms with E-state index in [1.54, 1.807) is 0 Å². The van der Waals surface area contributed by atoms with E-state index in [2.05, 4.69) is 13.1 Å². The van der Waals surface area contributed by atoms with Crippen molar-refractivity contribution in [3.63, 3.8) is 0 Å². The average molecular weight is 183 g/mol. The maximum atomic E-state index is 5.93. The van der Waals surface area contributed by atoms with Gasteiger partial charge in [0, 0.05) is 6.61 Å². The van der Waals surface area contributed by atoms with Crippen molar-refractivity contribution in [2.24, 2.45) is 0 Å². The van der Waals surface area contributed by atoms with Crippen LogP contribution in [0.3, 0.4) is 0 Å². The molecule has 1 fully saturated rings. The van der Waals surface area contributed by atoms with E-state index in [9.17, 15) is 0 Å². The molecule has 0 amide bonds. The minimum Gasteiger partial charge on any atom is -0.375 e. The van der Waals surface area contributed by atoms with Gasteiger partial charge in [-0.15, -0.1) is 0 Å². The molecule has 0 aromatic carbocycles. The molecule has 0 N–H and O–H groups in total. The highest BCUT2D eigenvalue weighted by atomic mass is 28.3. The zero-order valence-electron chi connectivity index (χ0n) is 8.39. The molecule has 1 radical (unpaired) electrons. The Kier molecular flexibility index (Phi) is 3.13. The fourth-order valence-corrected chi connectivity index (χ4v) is 4.18. The van der Waals surface area contributed by atoms with Gasteiger partial charge in [0.05, 0.1) is 14.0 Å². The van der Waals surface area contributed by atoms with Crippen LogP contribution < -0.4 is 0 Å². The van der Waals surface area contributed by atoms with Gasteiger partial charge in [-0.3, -0.25) is 0 Å². The number of hydrogen-bond acceptors (Lipinski definition) is 1. The molecule has 69 valence electrons. The minimum atomic E-state index is -0.830. The molecule has 1 heterocycles. The fraction of sp³-hybridized carbons (Fsp3) is 0.800. The van der Waals surface area contributed by atoms with Crippen LogP contribution in [0.15, 0.2) is 5.57 Å². The molecule has 1 unspecified atom stereocenters. The Morgan fingerprint density at radius 2 is 2.08 bits per heavy atom. The summed E-state index contributed by atoms with van der Waals surface area (Å²) in [5.41, 5.74) is 1.00. The Morgan fingerprint density at radius 1 is 1.42 bits per heavy atom. The summed E-state index contributed by atoms with van der Waals surface area (Å²) < 4.78 is 5.89. The lowest BCUT2D eigenvalue weighted by atomic mass is 10.0. The molecule has 2 heteroatoms. The first kappa shape index (κ1) is 10.0. The molecule has 1 nitrogen and oxygen atoms in total. The molecule has 0 aliphatic carbocycles. The van der Waals surface area contributed by atoms with Crippen molar-refractivity contribution >= 4 is 8.80 Å². The van der Waals surface area contributed by atoms with Crippen molar-refractivity contribution in [1.82, 2.24) is 0 Å². The third-order valence-electron chi connectivity index (χ3n) is 2.90. The summed E-state index contributed by atoms with van der Waals surface area (Å²) in [5, 5.41) is 0.0122. The van der Waals surface area contributed by atoms with Gasteiger partial charge in [0.25, 0.3) is 0 Å². The second kappa shape index (κ2) is 3.75. The second-order valence-electron chi connectivity index (χ2n) is 4.03. The molecule has 0 aromatic heterocycles. The van der Waals surface area contributed by atoms with Gasteiger partial charge < -0.3 is 4.74 Å². The van der Waals surface area contributed by atoms with Crippen LogP contribution >= 0.6 is 0 Å². The highest BCUT2D eigenvalue weighted by molar-refractivity contribution is 6.60. The van der Waals surface area contributed by atoms with Crippen LogP contribution in [0.4, 0.5) is 0 Å². The molecule has 1 saturated heterocycles. The standard InChI is InChI=1S/C10H19OSi/c1-9(2)10(12(3)4)7-5-6-8-11-10/h1,12H,5-8H2,2-4H3. The highest BCUT2D eigenvalue weighted by Gasteiger charge is 2.37. The Labute approximate surface area is 77.4 Å². The van der Waals surface area contributed by atoms with E-state index in [0.29, 0.717) is 0 Å². The van der Waals surface area contributed by atoms with Crippen molar-refractivity contribution in [3.8, 4) is 0 Å². The van der Waals surface area contributed by atoms with Gasteiger partial charge in [-0.1, -0.05) is 19.7 Å². The van der Waals surface area contributed by atoms with Crippen LogP contribution in [0.1, 0.15) is 26.2 Å². The van der Waals surface area contributed by atoms with Crippen LogP contribution in [0.5, 0.6) is 0 Å². The monoisotopic (exact) mass is 183 g/mol. The summed E-state index contributed by atoms with van der Waals surface area (Å²) in [5.74, 6) is 0. The Morgan fingerprint density at radius 3 is 2.33 bits per heavy atom. The third-order valence-corrected chi connectivity index (χ3v) is 5.68. The van der Waals surface area contributed by atoms with Gasteiger partial charge in [0.2, 0.25) is 0 Å². The summed E-state index contributed by atoms with van der Waals surface area (Å²) in [4.78, 5) is 0. The number of hydrogen-bond donors (Lipinski definition) is 0. The Balaban J connectivity index is 2.77. The topological polar surface area (TPSA) is 9.23 Å². The molecule has 0 aromatic rings. The Hall–Kier alpha value is -0.0831. The first-order valence-electron chi connectivity index (χ1n) is 4.83. The molecular weight excluding hydrogens is 164 g/mol. The maximum Gasteiger partial charge on any atom is 0.0748 e. The van der Waals surface area contributed by atoms with Crippen molar-refractivity contribution < 1.29 is 4.74 Å². The lowest BCUT2D eigenvalue weighted by molar-refractivity contribution is 0.00260. The molecule has 1 aliphatic heterocycles. The van der Waals surface area contributed by atoms with Crippen molar-refractivity contribution in [1.29, 1.82) is 0 Å². The molecule has 1 aliphatic rings. The van der Waals surface area contributed by atoms with E-state index in [1.165, 1.54) is 12.8 Å². The molecule has 0 spiro atoms. The van der Waals surface area contributed by atoms with E-state index in [1.807, 2.05) is 6.92 Å². The molecule has 0 saturated carbocycles. The predicted octanol–water partition coefficient (Wildman–Crippen LogP) is 2.33. The van der Waals surface area contributed by atoms with Crippen molar-refractivity contribution in [3.05, 3.63) is 12.2 Å². The lowest BCUT2D eigenvalue weighted by Crippen LogP contribution is -2.48. The lowest BCUT2D eigenvalue weighted by Gasteiger charge is -2.41. The first-order valence-corrected chi connectivity index (χ1v) is 7.72. The van der Waals surface area contributed by atoms with E-state index in [-0.39, 0.29) is 5.22 Å². The van der Waals surface area contributed by atoms with Gasteiger partial charge in [-0.05, 0) is 31.8 Å². The quantitative estimate of drug-likeness (QED) is 0.597. The van der Waals surface area contributed by atoms with Crippen LogP contribution in [-0.4, -0.2) is 20.6 Å². The molecule has 1 atom stereocenters. The van der Waals surface area contributed by atoms with Crippen molar-refractivity contribution in [2.75, 3.05) is 6.61 Å². The maximum absolute atomic E-state index is 5.93. The minimum absolute atomic E-state index is 0.0122. The summed E-state index contributed by atoms with van der Waals surface area (Å²) in [6, 6.07) is 0. The first-order chi connectivity index (χ1) is 5.59. The normalized spacial score (nSPS) is 30.7. The van der Waals surface area contributed by atoms with E-state index in [4.69, 9.17) is 11.3 Å². The van der Waals surface area contributed by atoms with Gasteiger partial charge >= 0.3 is 0 Å². The van der Waals surface area contributed by atoms with Gasteiger partial charge in [0.1, 0.15) is 0 Å². The fourth-order valence-electron chi connectivity index (χ4n) is 2.04. The van der Waals surface area contributed by atoms with E-state index >= 15 is 0 Å². The highest BCUT2D eigenvalue weighted by Crippen LogP contribution is 2.33. The van der Waals surface area contributed by atoms with Crippen molar-refractivity contribution in [2.45, 2.75) is 44.5 Å². The number of rotatable bonds is 2. The van der Waals surface area contributed by atoms with Gasteiger partial charge in [-0.2, -0.15) is 0 Å². The smallest absolute Gasteiger partial charge is 0.0748 e. The largest absolute Gasteiger partial charge is 0.375 e. The van der Waals surface area contributed by atoms with Crippen LogP contribution in [-0.2, 0) is 4.74 Å². The summed E-state index contributed by atoms with van der Waals surface area (Å²) >= 11 is 0. The van der Waals surface area contributed by atoms with Crippen LogP contribution in [0.25, 0.3) is 0 Å². The van der Waals surface area contributed by atoms with E-state index < -0.39 is 8.80 Å². The molecular formula is C10H19OSi. The predicted molar refractivity (Wildman–Crippen MR) is 54.9 cm³/mol. The van der Waals surface area contributed by atoms with E-state index in [0.717, 1.165) is 18.6 Å². The summed E-state index contributed by atoms with van der Waals surface area (Å²) in [7, 11) is -0.830. The zero-order valence-corrected chi connectivity index (χ0v) is 9.55. The zero-order chi connectivity index (χ0) is 9.19. The molecule has 12 heavy (non-hydrogen) atoms. The van der Waals surface area contributed by atoms with Gasteiger partial charge in [0.15, 0.2) is 0 Å². The average Bonchev–Trinajstić information content (AvgIpc) is 2.05. The molecule has 1 rings (SSSR count). The SMILES string of the molecule is [CH]=C(C)C1([SiH](C)C)CCCCO1. The summed E-state index contributed by atoms with van der Waals surface area (Å²) in [6.45, 7) is 13.5. The third kappa shape index (κ3) is 1.64. The second-order valence-corrected chi connectivity index (χ2v) is 7.27.